The first-order valence-electron chi connectivity index (χ1n) is 10.6. The van der Waals surface area contributed by atoms with Gasteiger partial charge in [0.05, 0.1) is 19.1 Å². The number of ether oxygens (including phenoxy) is 2. The van der Waals surface area contributed by atoms with Crippen molar-refractivity contribution in [1.29, 1.82) is 0 Å². The lowest BCUT2D eigenvalue weighted by Crippen LogP contribution is -2.37. The van der Waals surface area contributed by atoms with Gasteiger partial charge in [-0.15, -0.1) is 0 Å². The summed E-state index contributed by atoms with van der Waals surface area (Å²) in [6.45, 7) is 1.76. The lowest BCUT2D eigenvalue weighted by atomic mass is 9.69. The molecule has 3 atom stereocenters. The van der Waals surface area contributed by atoms with Crippen LogP contribution >= 0.6 is 0 Å². The molecule has 8 heteroatoms. The summed E-state index contributed by atoms with van der Waals surface area (Å²) in [6.07, 6.45) is 0.846. The molecule has 1 aliphatic carbocycles. The molecule has 1 heterocycles. The zero-order chi connectivity index (χ0) is 23.7. The molecule has 1 aliphatic heterocycles. The molecule has 0 aromatic heterocycles. The average molecular weight is 448 g/mol. The minimum atomic E-state index is -0.767. The summed E-state index contributed by atoms with van der Waals surface area (Å²) in [6, 6.07) is 13.6. The number of nitro benzene ring substituents is 1. The van der Waals surface area contributed by atoms with Gasteiger partial charge < -0.3 is 9.47 Å². The Hall–Kier alpha value is -3.81. The van der Waals surface area contributed by atoms with Gasteiger partial charge in [-0.2, -0.15) is 0 Å². The fourth-order valence-electron chi connectivity index (χ4n) is 4.77. The van der Waals surface area contributed by atoms with Gasteiger partial charge in [-0.05, 0) is 42.5 Å². The SMILES string of the molecule is COC(=O)C1C(C)=NC2=C(C(=O)C[C@H](c3ccc(OC)cc3)C2)[C@@H]1c1ccc([N+](=O)[O-])cc1. The molecule has 0 radical (unpaired) electrons. The number of hydrogen-bond acceptors (Lipinski definition) is 7. The van der Waals surface area contributed by atoms with E-state index in [2.05, 4.69) is 4.99 Å². The lowest BCUT2D eigenvalue weighted by Gasteiger charge is -2.36. The molecule has 2 aromatic rings. The third kappa shape index (κ3) is 4.16. The van der Waals surface area contributed by atoms with E-state index in [1.165, 1.54) is 19.2 Å². The highest BCUT2D eigenvalue weighted by atomic mass is 16.6. The second kappa shape index (κ2) is 8.97. The minimum absolute atomic E-state index is 0.0362. The number of nitrogens with zero attached hydrogens (tertiary/aromatic N) is 2. The Morgan fingerprint density at radius 1 is 1.03 bits per heavy atom. The first-order chi connectivity index (χ1) is 15.8. The van der Waals surface area contributed by atoms with Gasteiger partial charge in [0, 0.05) is 41.5 Å². The number of allylic oxidation sites excluding steroid dienone is 2. The molecule has 0 saturated heterocycles. The maximum atomic E-state index is 13.4. The molecule has 0 fully saturated rings. The van der Waals surface area contributed by atoms with Crippen LogP contribution in [0.5, 0.6) is 5.75 Å². The summed E-state index contributed by atoms with van der Waals surface area (Å²) < 4.78 is 10.3. The number of hydrogen-bond donors (Lipinski definition) is 0. The zero-order valence-corrected chi connectivity index (χ0v) is 18.6. The van der Waals surface area contributed by atoms with Crippen LogP contribution in [0.2, 0.25) is 0 Å². The van der Waals surface area contributed by atoms with Gasteiger partial charge in [-0.3, -0.25) is 24.7 Å². The summed E-state index contributed by atoms with van der Waals surface area (Å²) in [5, 5.41) is 11.1. The van der Waals surface area contributed by atoms with Crippen molar-refractivity contribution in [2.24, 2.45) is 10.9 Å². The third-order valence-corrected chi connectivity index (χ3v) is 6.39. The highest BCUT2D eigenvalue weighted by Gasteiger charge is 2.44. The van der Waals surface area contributed by atoms with Crippen LogP contribution < -0.4 is 4.74 Å². The smallest absolute Gasteiger partial charge is 0.315 e. The maximum Gasteiger partial charge on any atom is 0.315 e. The number of Topliss-reactive ketones (excluding diaryl/α,β-unsaturated/α-hetero) is 1. The lowest BCUT2D eigenvalue weighted by molar-refractivity contribution is -0.384. The molecule has 2 aliphatic rings. The maximum absolute atomic E-state index is 13.4. The summed E-state index contributed by atoms with van der Waals surface area (Å²) >= 11 is 0. The van der Waals surface area contributed by atoms with E-state index in [1.807, 2.05) is 24.3 Å². The van der Waals surface area contributed by atoms with E-state index >= 15 is 0 Å². The van der Waals surface area contributed by atoms with E-state index in [0.29, 0.717) is 29.0 Å². The number of nitro groups is 1. The van der Waals surface area contributed by atoms with Gasteiger partial charge in [-0.1, -0.05) is 24.3 Å². The molecule has 33 heavy (non-hydrogen) atoms. The number of ketones is 1. The largest absolute Gasteiger partial charge is 0.497 e. The molecule has 0 saturated carbocycles. The van der Waals surface area contributed by atoms with Crippen LogP contribution in [0.4, 0.5) is 5.69 Å². The molecule has 2 aromatic carbocycles. The average Bonchev–Trinajstić information content (AvgIpc) is 2.82. The van der Waals surface area contributed by atoms with Gasteiger partial charge in [0.2, 0.25) is 0 Å². The Labute approximate surface area is 191 Å². The van der Waals surface area contributed by atoms with Gasteiger partial charge >= 0.3 is 5.97 Å². The van der Waals surface area contributed by atoms with E-state index in [4.69, 9.17) is 9.47 Å². The predicted octanol–water partition coefficient (Wildman–Crippen LogP) is 4.35. The van der Waals surface area contributed by atoms with Crippen LogP contribution in [0.3, 0.4) is 0 Å². The quantitative estimate of drug-likeness (QED) is 0.382. The van der Waals surface area contributed by atoms with Crippen molar-refractivity contribution in [2.45, 2.75) is 31.6 Å². The third-order valence-electron chi connectivity index (χ3n) is 6.39. The van der Waals surface area contributed by atoms with Crippen molar-refractivity contribution in [3.63, 3.8) is 0 Å². The number of non-ortho nitro benzene ring substituents is 1. The van der Waals surface area contributed by atoms with Gasteiger partial charge in [0.25, 0.3) is 5.69 Å². The van der Waals surface area contributed by atoms with Crippen molar-refractivity contribution in [3.8, 4) is 5.75 Å². The first-order valence-corrected chi connectivity index (χ1v) is 10.6. The summed E-state index contributed by atoms with van der Waals surface area (Å²) in [7, 11) is 2.90. The number of aliphatic imine (C=N–C) groups is 1. The highest BCUT2D eigenvalue weighted by Crippen LogP contribution is 2.47. The molecule has 0 spiro atoms. The molecule has 0 N–H and O–H groups in total. The zero-order valence-electron chi connectivity index (χ0n) is 18.6. The summed E-state index contributed by atoms with van der Waals surface area (Å²) in [5.41, 5.74) is 3.33. The second-order valence-electron chi connectivity index (χ2n) is 8.24. The standard InChI is InChI=1S/C25H24N2O6/c1-14-22(25(29)33-3)23(16-4-8-18(9-5-16)27(30)31)24-20(26-14)12-17(13-21(24)28)15-6-10-19(32-2)11-7-15/h4-11,17,22-23H,12-13H2,1-3H3/t17-,22?,23-/m1/s1. The van der Waals surface area contributed by atoms with E-state index in [1.54, 1.807) is 26.2 Å². The molecular formula is C25H24N2O6. The van der Waals surface area contributed by atoms with Crippen LogP contribution in [0, 0.1) is 16.0 Å². The van der Waals surface area contributed by atoms with Crippen LogP contribution in [-0.2, 0) is 14.3 Å². The van der Waals surface area contributed by atoms with Gasteiger partial charge in [0.1, 0.15) is 11.7 Å². The van der Waals surface area contributed by atoms with Crippen molar-refractivity contribution in [2.75, 3.05) is 14.2 Å². The first kappa shape index (κ1) is 22.4. The minimum Gasteiger partial charge on any atom is -0.497 e. The van der Waals surface area contributed by atoms with Crippen molar-refractivity contribution >= 4 is 23.2 Å². The molecule has 0 bridgehead atoms. The second-order valence-corrected chi connectivity index (χ2v) is 8.24. The van der Waals surface area contributed by atoms with Crippen LogP contribution in [0.1, 0.15) is 42.7 Å². The van der Waals surface area contributed by atoms with E-state index in [-0.39, 0.29) is 23.8 Å². The predicted molar refractivity (Wildman–Crippen MR) is 121 cm³/mol. The summed E-state index contributed by atoms with van der Waals surface area (Å²) in [4.78, 5) is 41.4. The molecule has 1 unspecified atom stereocenters. The Bertz CT molecular complexity index is 1160. The molecule has 4 rings (SSSR count). The number of benzene rings is 2. The van der Waals surface area contributed by atoms with Crippen LogP contribution in [-0.4, -0.2) is 36.6 Å². The fourth-order valence-corrected chi connectivity index (χ4v) is 4.77. The topological polar surface area (TPSA) is 108 Å². The van der Waals surface area contributed by atoms with Crippen LogP contribution in [0.25, 0.3) is 0 Å². The fraction of sp³-hybridized carbons (Fsp3) is 0.320. The van der Waals surface area contributed by atoms with Crippen molar-refractivity contribution < 1.29 is 24.0 Å². The Kier molecular flexibility index (Phi) is 6.09. The van der Waals surface area contributed by atoms with Crippen molar-refractivity contribution in [1.82, 2.24) is 0 Å². The molecule has 0 amide bonds. The Morgan fingerprint density at radius 2 is 1.67 bits per heavy atom. The Morgan fingerprint density at radius 3 is 2.24 bits per heavy atom. The molecular weight excluding hydrogens is 424 g/mol. The van der Waals surface area contributed by atoms with Gasteiger partial charge in [0.15, 0.2) is 5.78 Å². The summed E-state index contributed by atoms with van der Waals surface area (Å²) in [5.74, 6) is -1.23. The number of rotatable bonds is 5. The van der Waals surface area contributed by atoms with Crippen LogP contribution in [0.15, 0.2) is 64.8 Å². The number of methoxy groups -OCH3 is 2. The number of esters is 1. The van der Waals surface area contributed by atoms with Gasteiger partial charge in [-0.25, -0.2) is 0 Å². The normalized spacial score (nSPS) is 22.3. The molecule has 8 nitrogen and oxygen atoms in total. The monoisotopic (exact) mass is 448 g/mol. The van der Waals surface area contributed by atoms with E-state index in [0.717, 1.165) is 11.3 Å². The van der Waals surface area contributed by atoms with E-state index < -0.39 is 22.7 Å². The highest BCUT2D eigenvalue weighted by molar-refractivity contribution is 6.09. The number of carbonyl (C=O) groups is 2. The Balaban J connectivity index is 1.77. The number of carbonyl (C=O) groups excluding carboxylic acids is 2. The molecule has 170 valence electrons. The van der Waals surface area contributed by atoms with E-state index in [9.17, 15) is 19.7 Å². The van der Waals surface area contributed by atoms with Crippen molar-refractivity contribution in [3.05, 3.63) is 81.0 Å².